The van der Waals surface area contributed by atoms with Crippen LogP contribution in [0, 0.1) is 20.8 Å². The Balaban J connectivity index is 2.29. The van der Waals surface area contributed by atoms with E-state index in [1.165, 1.54) is 5.56 Å². The average molecular weight is 300 g/mol. The summed E-state index contributed by atoms with van der Waals surface area (Å²) in [5.41, 5.74) is 5.47. The summed E-state index contributed by atoms with van der Waals surface area (Å²) >= 11 is 0. The molecule has 0 bridgehead atoms. The maximum atomic E-state index is 12.6. The minimum absolute atomic E-state index is 0.137. The van der Waals surface area contributed by atoms with Crippen molar-refractivity contribution in [3.8, 4) is 0 Å². The van der Waals surface area contributed by atoms with E-state index in [1.807, 2.05) is 19.9 Å². The van der Waals surface area contributed by atoms with Crippen molar-refractivity contribution in [3.63, 3.8) is 0 Å². The molecule has 0 fully saturated rings. The van der Waals surface area contributed by atoms with Crippen molar-refractivity contribution in [1.29, 1.82) is 0 Å². The van der Waals surface area contributed by atoms with E-state index in [1.54, 1.807) is 7.05 Å². The molecule has 118 valence electrons. The summed E-state index contributed by atoms with van der Waals surface area (Å²) in [7, 11) is 1.60. The molecule has 2 rings (SSSR count). The van der Waals surface area contributed by atoms with E-state index in [9.17, 15) is 9.59 Å². The number of hydrogen-bond acceptors (Lipinski definition) is 2. The highest BCUT2D eigenvalue weighted by molar-refractivity contribution is 6.10. The largest absolute Gasteiger partial charge is 0.355 e. The van der Waals surface area contributed by atoms with Crippen molar-refractivity contribution < 1.29 is 9.59 Å². The fraction of sp³-hybridized carbons (Fsp3) is 0.444. The van der Waals surface area contributed by atoms with Crippen LogP contribution in [0.3, 0.4) is 0 Å². The Kier molecular flexibility index (Phi) is 5.01. The highest BCUT2D eigenvalue weighted by atomic mass is 16.2. The number of carbonyl (C=O) groups excluding carboxylic acids is 2. The third-order valence-electron chi connectivity index (χ3n) is 4.33. The molecule has 2 amide bonds. The first-order valence-electron chi connectivity index (χ1n) is 7.77. The van der Waals surface area contributed by atoms with Gasteiger partial charge in [0.05, 0.1) is 0 Å². The van der Waals surface area contributed by atoms with E-state index in [0.29, 0.717) is 24.0 Å². The monoisotopic (exact) mass is 300 g/mol. The maximum absolute atomic E-state index is 12.6. The Morgan fingerprint density at radius 2 is 1.41 bits per heavy atom. The summed E-state index contributed by atoms with van der Waals surface area (Å²) < 4.78 is 0. The van der Waals surface area contributed by atoms with Gasteiger partial charge in [0, 0.05) is 23.9 Å². The molecular weight excluding hydrogens is 276 g/mol. The predicted octanol–water partition coefficient (Wildman–Crippen LogP) is 3.17. The summed E-state index contributed by atoms with van der Waals surface area (Å²) in [6.45, 7) is 6.07. The molecular formula is C18H24N2O2. The summed E-state index contributed by atoms with van der Waals surface area (Å²) in [4.78, 5) is 24.5. The first kappa shape index (κ1) is 16.3. The van der Waals surface area contributed by atoms with E-state index < -0.39 is 0 Å². The molecule has 0 unspecified atom stereocenters. The number of hydrogen-bond donors (Lipinski definition) is 2. The molecule has 0 atom stereocenters. The SMILES string of the molecule is CNC(=O)C1=C(C(=O)Nc2cc(C)c(C)cc2C)CCCC1. The van der Waals surface area contributed by atoms with Gasteiger partial charge in [-0.2, -0.15) is 0 Å². The first-order valence-corrected chi connectivity index (χ1v) is 7.77. The van der Waals surface area contributed by atoms with Gasteiger partial charge in [0.25, 0.3) is 5.91 Å². The second kappa shape index (κ2) is 6.77. The zero-order valence-electron chi connectivity index (χ0n) is 13.8. The van der Waals surface area contributed by atoms with Crippen LogP contribution in [0.4, 0.5) is 5.69 Å². The fourth-order valence-electron chi connectivity index (χ4n) is 2.85. The van der Waals surface area contributed by atoms with Gasteiger partial charge in [0.15, 0.2) is 0 Å². The van der Waals surface area contributed by atoms with Gasteiger partial charge < -0.3 is 10.6 Å². The molecule has 0 heterocycles. The number of nitrogens with one attached hydrogen (secondary N) is 2. The number of carbonyl (C=O) groups is 2. The lowest BCUT2D eigenvalue weighted by Gasteiger charge is -2.19. The van der Waals surface area contributed by atoms with E-state index in [2.05, 4.69) is 23.6 Å². The van der Waals surface area contributed by atoms with Crippen LogP contribution in [0.25, 0.3) is 0 Å². The van der Waals surface area contributed by atoms with E-state index in [0.717, 1.165) is 29.7 Å². The standard InChI is InChI=1S/C18H24N2O2/c1-11-9-13(3)16(10-12(11)2)20-18(22)15-8-6-5-7-14(15)17(21)19-4/h9-10H,5-8H2,1-4H3,(H,19,21)(H,20,22). The van der Waals surface area contributed by atoms with Gasteiger partial charge in [-0.05, 0) is 69.2 Å². The van der Waals surface area contributed by atoms with Crippen molar-refractivity contribution in [2.24, 2.45) is 0 Å². The second-order valence-corrected chi connectivity index (χ2v) is 5.95. The molecule has 1 aliphatic rings. The maximum Gasteiger partial charge on any atom is 0.252 e. The Morgan fingerprint density at radius 1 is 0.864 bits per heavy atom. The minimum Gasteiger partial charge on any atom is -0.355 e. The summed E-state index contributed by atoms with van der Waals surface area (Å²) in [5.74, 6) is -0.286. The topological polar surface area (TPSA) is 58.2 Å². The number of rotatable bonds is 3. The zero-order chi connectivity index (χ0) is 16.3. The molecule has 1 aromatic carbocycles. The molecule has 4 heteroatoms. The van der Waals surface area contributed by atoms with Crippen molar-refractivity contribution in [2.45, 2.75) is 46.5 Å². The van der Waals surface area contributed by atoms with Crippen LogP contribution in [0.15, 0.2) is 23.3 Å². The Morgan fingerprint density at radius 3 is 2.00 bits per heavy atom. The molecule has 4 nitrogen and oxygen atoms in total. The van der Waals surface area contributed by atoms with Crippen molar-refractivity contribution in [3.05, 3.63) is 40.0 Å². The Bertz CT molecular complexity index is 645. The van der Waals surface area contributed by atoms with Gasteiger partial charge in [-0.3, -0.25) is 9.59 Å². The van der Waals surface area contributed by atoms with Crippen LogP contribution in [0.2, 0.25) is 0 Å². The third kappa shape index (κ3) is 3.38. The molecule has 2 N–H and O–H groups in total. The van der Waals surface area contributed by atoms with Crippen molar-refractivity contribution >= 4 is 17.5 Å². The summed E-state index contributed by atoms with van der Waals surface area (Å²) in [5, 5.41) is 5.61. The smallest absolute Gasteiger partial charge is 0.252 e. The molecule has 0 aliphatic heterocycles. The van der Waals surface area contributed by atoms with Gasteiger partial charge in [0.1, 0.15) is 0 Å². The first-order chi connectivity index (χ1) is 10.4. The van der Waals surface area contributed by atoms with Crippen molar-refractivity contribution in [2.75, 3.05) is 12.4 Å². The molecule has 0 radical (unpaired) electrons. The summed E-state index contributed by atoms with van der Waals surface area (Å²) in [6.07, 6.45) is 3.25. The van der Waals surface area contributed by atoms with E-state index in [-0.39, 0.29) is 11.8 Å². The highest BCUT2D eigenvalue weighted by Crippen LogP contribution is 2.27. The van der Waals surface area contributed by atoms with Crippen LogP contribution in [0.1, 0.15) is 42.4 Å². The predicted molar refractivity (Wildman–Crippen MR) is 88.8 cm³/mol. The van der Waals surface area contributed by atoms with Crippen molar-refractivity contribution in [1.82, 2.24) is 5.32 Å². The molecule has 0 spiro atoms. The highest BCUT2D eigenvalue weighted by Gasteiger charge is 2.23. The molecule has 0 saturated heterocycles. The van der Waals surface area contributed by atoms with E-state index >= 15 is 0 Å². The van der Waals surface area contributed by atoms with Gasteiger partial charge >= 0.3 is 0 Å². The van der Waals surface area contributed by atoms with Gasteiger partial charge in [-0.25, -0.2) is 0 Å². The number of anilines is 1. The minimum atomic E-state index is -0.148. The number of benzene rings is 1. The van der Waals surface area contributed by atoms with Crippen LogP contribution in [0.5, 0.6) is 0 Å². The lowest BCUT2D eigenvalue weighted by Crippen LogP contribution is -2.27. The van der Waals surface area contributed by atoms with Crippen LogP contribution < -0.4 is 10.6 Å². The van der Waals surface area contributed by atoms with E-state index in [4.69, 9.17) is 0 Å². The number of aryl methyl sites for hydroxylation is 3. The molecule has 0 saturated carbocycles. The normalized spacial score (nSPS) is 14.7. The van der Waals surface area contributed by atoms with Crippen LogP contribution in [-0.2, 0) is 9.59 Å². The molecule has 1 aliphatic carbocycles. The van der Waals surface area contributed by atoms with Gasteiger partial charge in [0.2, 0.25) is 5.91 Å². The molecule has 22 heavy (non-hydrogen) atoms. The average Bonchev–Trinajstić information content (AvgIpc) is 2.51. The zero-order valence-corrected chi connectivity index (χ0v) is 13.8. The van der Waals surface area contributed by atoms with Gasteiger partial charge in [-0.1, -0.05) is 6.07 Å². The number of amides is 2. The Labute approximate surface area is 132 Å². The summed E-state index contributed by atoms with van der Waals surface area (Å²) in [6, 6.07) is 4.06. The quantitative estimate of drug-likeness (QED) is 0.901. The van der Waals surface area contributed by atoms with Crippen LogP contribution in [-0.4, -0.2) is 18.9 Å². The molecule has 0 aromatic heterocycles. The van der Waals surface area contributed by atoms with Crippen LogP contribution >= 0.6 is 0 Å². The molecule has 1 aromatic rings. The second-order valence-electron chi connectivity index (χ2n) is 5.95. The lowest BCUT2D eigenvalue weighted by atomic mass is 9.90. The third-order valence-corrected chi connectivity index (χ3v) is 4.33. The fourth-order valence-corrected chi connectivity index (χ4v) is 2.85. The number of likely N-dealkylation sites (N-methyl/N-ethyl adjacent to an activating group) is 1. The Hall–Kier alpha value is -2.10. The lowest BCUT2D eigenvalue weighted by molar-refractivity contribution is -0.118. The van der Waals surface area contributed by atoms with Gasteiger partial charge in [-0.15, -0.1) is 0 Å².